The topological polar surface area (TPSA) is 87.7 Å². The van der Waals surface area contributed by atoms with Gasteiger partial charge in [-0.05, 0) is 54.4 Å². The number of fused-ring (bicyclic) bond motifs is 3. The fourth-order valence-corrected chi connectivity index (χ4v) is 6.03. The zero-order valence-electron chi connectivity index (χ0n) is 25.4. The summed E-state index contributed by atoms with van der Waals surface area (Å²) in [6.45, 7) is 3.13. The lowest BCUT2D eigenvalue weighted by Gasteiger charge is -2.17. The van der Waals surface area contributed by atoms with Crippen LogP contribution in [0, 0.1) is 0 Å². The first-order chi connectivity index (χ1) is 20.5. The molecule has 3 rings (SSSR count). The van der Waals surface area contributed by atoms with E-state index in [2.05, 4.69) is 41.8 Å². The zero-order valence-corrected chi connectivity index (χ0v) is 26.2. The second-order valence-electron chi connectivity index (χ2n) is 11.5. The van der Waals surface area contributed by atoms with Crippen molar-refractivity contribution in [2.45, 2.75) is 115 Å². The number of rotatable bonds is 21. The fraction of sp³-hybridized carbons (Fsp3) is 0.571. The van der Waals surface area contributed by atoms with E-state index in [1.807, 2.05) is 24.3 Å². The predicted molar refractivity (Wildman–Crippen MR) is 175 cm³/mol. The number of unbranched alkanes of at least 4 members (excludes halogenated alkanes) is 11. The van der Waals surface area contributed by atoms with Crippen molar-refractivity contribution in [1.29, 1.82) is 0 Å². The van der Waals surface area contributed by atoms with E-state index < -0.39 is 18.1 Å². The summed E-state index contributed by atoms with van der Waals surface area (Å²) in [6, 6.07) is 15.3. The van der Waals surface area contributed by atoms with E-state index in [-0.39, 0.29) is 12.5 Å². The van der Waals surface area contributed by atoms with Gasteiger partial charge >= 0.3 is 12.1 Å². The van der Waals surface area contributed by atoms with E-state index in [4.69, 9.17) is 17.0 Å². The highest BCUT2D eigenvalue weighted by Gasteiger charge is 2.29. The maximum Gasteiger partial charge on any atom is 0.407 e. The van der Waals surface area contributed by atoms with Gasteiger partial charge in [-0.15, -0.1) is 0 Å². The van der Waals surface area contributed by atoms with Crippen molar-refractivity contribution in [3.8, 4) is 11.1 Å². The molecule has 0 heterocycles. The van der Waals surface area contributed by atoms with Gasteiger partial charge in [0.1, 0.15) is 12.6 Å². The Morgan fingerprint density at radius 3 is 1.93 bits per heavy atom. The second kappa shape index (κ2) is 19.3. The summed E-state index contributed by atoms with van der Waals surface area (Å²) in [7, 11) is 0. The minimum absolute atomic E-state index is 0.0635. The first kappa shape index (κ1) is 33.6. The van der Waals surface area contributed by atoms with Crippen LogP contribution in [-0.4, -0.2) is 41.4 Å². The third-order valence-electron chi connectivity index (χ3n) is 8.18. The number of thiocarbonyl (C=S) groups is 1. The molecule has 1 aliphatic rings. The van der Waals surface area contributed by atoms with Gasteiger partial charge < -0.3 is 20.5 Å². The number of aliphatic carboxylic acids is 1. The number of nitrogens with one attached hydrogen (secondary N) is 2. The van der Waals surface area contributed by atoms with Crippen molar-refractivity contribution >= 4 is 29.3 Å². The van der Waals surface area contributed by atoms with Crippen molar-refractivity contribution in [2.24, 2.45) is 0 Å². The Morgan fingerprint density at radius 2 is 1.36 bits per heavy atom. The Bertz CT molecular complexity index is 1080. The fourth-order valence-electron chi connectivity index (χ4n) is 5.78. The number of amides is 1. The highest BCUT2D eigenvalue weighted by atomic mass is 32.1. The number of carbonyl (C=O) groups excluding carboxylic acids is 1. The average molecular weight is 595 g/mol. The lowest BCUT2D eigenvalue weighted by molar-refractivity contribution is -0.139. The molecule has 2 aromatic rings. The molecule has 0 radical (unpaired) electrons. The van der Waals surface area contributed by atoms with Crippen molar-refractivity contribution in [1.82, 2.24) is 10.6 Å². The molecule has 42 heavy (non-hydrogen) atoms. The predicted octanol–water partition coefficient (Wildman–Crippen LogP) is 8.77. The van der Waals surface area contributed by atoms with Gasteiger partial charge in [-0.25, -0.2) is 9.59 Å². The summed E-state index contributed by atoms with van der Waals surface area (Å²) in [4.78, 5) is 25.2. The Balaban J connectivity index is 1.24. The molecule has 1 aliphatic carbocycles. The minimum Gasteiger partial charge on any atom is -0.480 e. The summed E-state index contributed by atoms with van der Waals surface area (Å²) in [5.41, 5.74) is 4.54. The molecule has 230 valence electrons. The van der Waals surface area contributed by atoms with Crippen LogP contribution in [0.15, 0.2) is 48.5 Å². The van der Waals surface area contributed by atoms with Crippen LogP contribution >= 0.6 is 12.2 Å². The molecule has 1 unspecified atom stereocenters. The lowest BCUT2D eigenvalue weighted by atomic mass is 9.98. The number of carboxylic acids is 1. The van der Waals surface area contributed by atoms with Crippen molar-refractivity contribution < 1.29 is 19.4 Å². The largest absolute Gasteiger partial charge is 0.480 e. The van der Waals surface area contributed by atoms with Crippen LogP contribution < -0.4 is 10.6 Å². The quantitative estimate of drug-likeness (QED) is 0.0989. The van der Waals surface area contributed by atoms with E-state index in [0.29, 0.717) is 19.4 Å². The molecule has 0 bridgehead atoms. The third kappa shape index (κ3) is 11.4. The van der Waals surface area contributed by atoms with E-state index in [9.17, 15) is 14.7 Å². The number of carbonyl (C=O) groups is 2. The molecule has 0 saturated heterocycles. The summed E-state index contributed by atoms with van der Waals surface area (Å²) in [5.74, 6) is -1.12. The lowest BCUT2D eigenvalue weighted by Crippen LogP contribution is -2.41. The highest BCUT2D eigenvalue weighted by molar-refractivity contribution is 7.80. The molecule has 1 atom stereocenters. The average Bonchev–Trinajstić information content (AvgIpc) is 3.31. The molecule has 2 aromatic carbocycles. The minimum atomic E-state index is -1.05. The number of hydrogen-bond donors (Lipinski definition) is 3. The zero-order chi connectivity index (χ0) is 30.0. The van der Waals surface area contributed by atoms with E-state index >= 15 is 0 Å². The third-order valence-corrected chi connectivity index (χ3v) is 8.53. The Morgan fingerprint density at radius 1 is 0.810 bits per heavy atom. The van der Waals surface area contributed by atoms with Crippen LogP contribution in [0.3, 0.4) is 0 Å². The number of hydrogen-bond acceptors (Lipinski definition) is 4. The van der Waals surface area contributed by atoms with Gasteiger partial charge in [0.05, 0.1) is 4.99 Å². The number of carboxylic acid groups (broad SMARTS) is 1. The van der Waals surface area contributed by atoms with Crippen LogP contribution in [0.1, 0.15) is 120 Å². The van der Waals surface area contributed by atoms with Crippen LogP contribution in [-0.2, 0) is 9.53 Å². The highest BCUT2D eigenvalue weighted by Crippen LogP contribution is 2.44. The van der Waals surface area contributed by atoms with Crippen LogP contribution in [0.2, 0.25) is 0 Å². The molecule has 6 nitrogen and oxygen atoms in total. The Hall–Kier alpha value is -2.93. The van der Waals surface area contributed by atoms with Crippen molar-refractivity contribution in [2.75, 3.05) is 13.2 Å². The molecule has 0 fully saturated rings. The SMILES string of the molecule is CCCCCCCCCCCCCC(=S)NCCCCC(NC(=O)OCC1c2ccccc2-c2ccccc21)C(=O)O. The van der Waals surface area contributed by atoms with Crippen LogP contribution in [0.5, 0.6) is 0 Å². The Labute approximate surface area is 258 Å². The standard InChI is InChI=1S/C35H50N2O4S/c1-2-3-4-5-6-7-8-9-10-11-12-24-33(42)36-25-18-17-23-32(34(38)39)37-35(40)41-26-31-29-21-15-13-19-27(29)28-20-14-16-22-30(28)31/h13-16,19-22,31-32H,2-12,17-18,23-26H2,1H3,(H,36,42)(H,37,40)(H,38,39). The van der Waals surface area contributed by atoms with E-state index in [1.165, 1.54) is 64.2 Å². The molecule has 7 heteroatoms. The molecule has 1 amide bonds. The summed E-state index contributed by atoms with van der Waals surface area (Å²) in [6.07, 6.45) is 16.5. The maximum atomic E-state index is 12.5. The second-order valence-corrected chi connectivity index (χ2v) is 12.0. The summed E-state index contributed by atoms with van der Waals surface area (Å²) < 4.78 is 5.53. The monoisotopic (exact) mass is 594 g/mol. The van der Waals surface area contributed by atoms with E-state index in [0.717, 1.165) is 46.5 Å². The van der Waals surface area contributed by atoms with Gasteiger partial charge in [-0.3, -0.25) is 0 Å². The molecule has 3 N–H and O–H groups in total. The smallest absolute Gasteiger partial charge is 0.407 e. The van der Waals surface area contributed by atoms with Gasteiger partial charge in [0, 0.05) is 12.5 Å². The van der Waals surface area contributed by atoms with Gasteiger partial charge in [0.15, 0.2) is 0 Å². The molecule has 0 saturated carbocycles. The molecule has 0 aliphatic heterocycles. The number of benzene rings is 2. The normalized spacial score (nSPS) is 12.8. The number of alkyl carbamates (subject to hydrolysis) is 1. The van der Waals surface area contributed by atoms with E-state index in [1.54, 1.807) is 0 Å². The number of ether oxygens (including phenoxy) is 1. The maximum absolute atomic E-state index is 12.5. The first-order valence-corrected chi connectivity index (χ1v) is 16.5. The van der Waals surface area contributed by atoms with Crippen LogP contribution in [0.4, 0.5) is 4.79 Å². The van der Waals surface area contributed by atoms with Crippen LogP contribution in [0.25, 0.3) is 11.1 Å². The van der Waals surface area contributed by atoms with Gasteiger partial charge in [-0.1, -0.05) is 132 Å². The molecular weight excluding hydrogens is 544 g/mol. The first-order valence-electron chi connectivity index (χ1n) is 16.1. The molecular formula is C35H50N2O4S. The summed E-state index contributed by atoms with van der Waals surface area (Å²) in [5, 5.41) is 15.5. The van der Waals surface area contributed by atoms with Gasteiger partial charge in [-0.2, -0.15) is 0 Å². The van der Waals surface area contributed by atoms with Crippen molar-refractivity contribution in [3.05, 3.63) is 59.7 Å². The molecule has 0 aromatic heterocycles. The Kier molecular flexibility index (Phi) is 15.4. The molecule has 0 spiro atoms. The van der Waals surface area contributed by atoms with Gasteiger partial charge in [0.2, 0.25) is 0 Å². The van der Waals surface area contributed by atoms with Crippen molar-refractivity contribution in [3.63, 3.8) is 0 Å². The summed E-state index contributed by atoms with van der Waals surface area (Å²) >= 11 is 5.47. The van der Waals surface area contributed by atoms with Gasteiger partial charge in [0.25, 0.3) is 0 Å².